The van der Waals surface area contributed by atoms with Gasteiger partial charge in [0.2, 0.25) is 0 Å². The van der Waals surface area contributed by atoms with Gasteiger partial charge in [-0.25, -0.2) is 8.78 Å². The maximum absolute atomic E-state index is 13.0. The molecule has 0 spiro atoms. The van der Waals surface area contributed by atoms with Crippen molar-refractivity contribution in [2.24, 2.45) is 0 Å². The molecule has 5 heteroatoms. The number of ether oxygens (including phenoxy) is 2. The largest absolute Gasteiger partial charge is 0.488 e. The van der Waals surface area contributed by atoms with Crippen LogP contribution in [0.25, 0.3) is 0 Å². The molecule has 0 unspecified atom stereocenters. The maximum atomic E-state index is 13.0. The standard InChI is InChI=1S/C10H12F2O2S/c11-8-1-2-9(12)10(7-8)14-4-3-13-5-6-15/h1-2,7,15H,3-6H2. The van der Waals surface area contributed by atoms with E-state index in [4.69, 9.17) is 9.47 Å². The van der Waals surface area contributed by atoms with Gasteiger partial charge >= 0.3 is 0 Å². The molecule has 1 rings (SSSR count). The van der Waals surface area contributed by atoms with Gasteiger partial charge < -0.3 is 9.47 Å². The highest BCUT2D eigenvalue weighted by atomic mass is 32.1. The van der Waals surface area contributed by atoms with Gasteiger partial charge in [-0.1, -0.05) is 0 Å². The third-order valence-corrected chi connectivity index (χ3v) is 1.80. The fraction of sp³-hybridized carbons (Fsp3) is 0.400. The summed E-state index contributed by atoms with van der Waals surface area (Å²) in [6.45, 7) is 1.03. The number of halogens is 2. The summed E-state index contributed by atoms with van der Waals surface area (Å²) in [5, 5.41) is 0. The average molecular weight is 234 g/mol. The molecule has 0 aliphatic heterocycles. The third kappa shape index (κ3) is 4.48. The molecule has 0 bridgehead atoms. The van der Waals surface area contributed by atoms with Crippen molar-refractivity contribution in [3.8, 4) is 5.75 Å². The average Bonchev–Trinajstić information content (AvgIpc) is 2.23. The van der Waals surface area contributed by atoms with Crippen molar-refractivity contribution in [1.29, 1.82) is 0 Å². The minimum absolute atomic E-state index is 0.0931. The van der Waals surface area contributed by atoms with Crippen LogP contribution in [0.15, 0.2) is 18.2 Å². The summed E-state index contributed by atoms with van der Waals surface area (Å²) in [5.74, 6) is -0.577. The van der Waals surface area contributed by atoms with Crippen LogP contribution in [-0.4, -0.2) is 25.6 Å². The lowest BCUT2D eigenvalue weighted by molar-refractivity contribution is 0.110. The van der Waals surface area contributed by atoms with Gasteiger partial charge in [0, 0.05) is 11.8 Å². The molecule has 0 N–H and O–H groups in total. The molecule has 15 heavy (non-hydrogen) atoms. The lowest BCUT2D eigenvalue weighted by Gasteiger charge is -2.07. The molecule has 0 aliphatic carbocycles. The van der Waals surface area contributed by atoms with Gasteiger partial charge in [0.1, 0.15) is 12.4 Å². The fourth-order valence-corrected chi connectivity index (χ4v) is 1.09. The Balaban J connectivity index is 2.33. The predicted octanol–water partition coefficient (Wildman–Crippen LogP) is 2.29. The molecule has 0 aliphatic rings. The molecule has 0 heterocycles. The zero-order chi connectivity index (χ0) is 11.1. The van der Waals surface area contributed by atoms with Crippen molar-refractivity contribution in [3.05, 3.63) is 29.8 Å². The summed E-state index contributed by atoms with van der Waals surface area (Å²) in [7, 11) is 0. The summed E-state index contributed by atoms with van der Waals surface area (Å²) < 4.78 is 35.7. The van der Waals surface area contributed by atoms with E-state index in [0.717, 1.165) is 18.2 Å². The first kappa shape index (κ1) is 12.3. The summed E-state index contributed by atoms with van der Waals surface area (Å²) in [6, 6.07) is 3.08. The molecule has 1 aromatic rings. The number of benzene rings is 1. The van der Waals surface area contributed by atoms with Crippen LogP contribution in [0.4, 0.5) is 8.78 Å². The van der Waals surface area contributed by atoms with E-state index in [0.29, 0.717) is 19.0 Å². The van der Waals surface area contributed by atoms with Crippen molar-refractivity contribution >= 4 is 12.6 Å². The lowest BCUT2D eigenvalue weighted by atomic mass is 10.3. The van der Waals surface area contributed by atoms with Crippen LogP contribution in [0.2, 0.25) is 0 Å². The van der Waals surface area contributed by atoms with Crippen LogP contribution in [0.5, 0.6) is 5.75 Å². The van der Waals surface area contributed by atoms with Crippen LogP contribution in [0.1, 0.15) is 0 Å². The second-order valence-corrected chi connectivity index (χ2v) is 3.21. The Morgan fingerprint density at radius 2 is 1.93 bits per heavy atom. The van der Waals surface area contributed by atoms with Gasteiger partial charge in [-0.2, -0.15) is 12.6 Å². The molecule has 0 fully saturated rings. The second-order valence-electron chi connectivity index (χ2n) is 2.76. The van der Waals surface area contributed by atoms with Crippen LogP contribution in [0.3, 0.4) is 0 Å². The van der Waals surface area contributed by atoms with Crippen molar-refractivity contribution in [1.82, 2.24) is 0 Å². The summed E-state index contributed by atoms with van der Waals surface area (Å²) in [4.78, 5) is 0. The molecule has 0 radical (unpaired) electrons. The topological polar surface area (TPSA) is 18.5 Å². The monoisotopic (exact) mass is 234 g/mol. The first-order valence-corrected chi connectivity index (χ1v) is 5.13. The van der Waals surface area contributed by atoms with E-state index in [2.05, 4.69) is 12.6 Å². The van der Waals surface area contributed by atoms with Crippen LogP contribution < -0.4 is 4.74 Å². The predicted molar refractivity (Wildman–Crippen MR) is 56.5 cm³/mol. The Labute approximate surface area is 92.6 Å². The third-order valence-electron chi connectivity index (χ3n) is 1.61. The Kier molecular flexibility index (Phi) is 5.42. The minimum atomic E-state index is -0.578. The SMILES string of the molecule is Fc1ccc(F)c(OCCOCCS)c1. The quantitative estimate of drug-likeness (QED) is 0.601. The highest BCUT2D eigenvalue weighted by Crippen LogP contribution is 2.17. The lowest BCUT2D eigenvalue weighted by Crippen LogP contribution is -2.08. The molecule has 0 amide bonds. The molecule has 0 saturated heterocycles. The smallest absolute Gasteiger partial charge is 0.165 e. The van der Waals surface area contributed by atoms with Gasteiger partial charge in [0.25, 0.3) is 0 Å². The first-order valence-electron chi connectivity index (χ1n) is 4.50. The van der Waals surface area contributed by atoms with E-state index in [1.807, 2.05) is 0 Å². The van der Waals surface area contributed by atoms with Gasteiger partial charge in [-0.05, 0) is 12.1 Å². The molecule has 84 valence electrons. The Hall–Kier alpha value is -0.810. The van der Waals surface area contributed by atoms with E-state index in [9.17, 15) is 8.78 Å². The van der Waals surface area contributed by atoms with Crippen molar-refractivity contribution < 1.29 is 18.3 Å². The van der Waals surface area contributed by atoms with Crippen molar-refractivity contribution in [2.45, 2.75) is 0 Å². The second kappa shape index (κ2) is 6.63. The van der Waals surface area contributed by atoms with Crippen molar-refractivity contribution in [3.63, 3.8) is 0 Å². The van der Waals surface area contributed by atoms with Gasteiger partial charge in [0.05, 0.1) is 13.2 Å². The number of rotatable bonds is 6. The van der Waals surface area contributed by atoms with Crippen LogP contribution in [-0.2, 0) is 4.74 Å². The minimum Gasteiger partial charge on any atom is -0.488 e. The van der Waals surface area contributed by atoms with Gasteiger partial charge in [-0.3, -0.25) is 0 Å². The van der Waals surface area contributed by atoms with Crippen LogP contribution >= 0.6 is 12.6 Å². The number of thiol groups is 1. The molecular weight excluding hydrogens is 222 g/mol. The van der Waals surface area contributed by atoms with E-state index in [1.165, 1.54) is 0 Å². The Bertz CT molecular complexity index is 307. The Morgan fingerprint density at radius 3 is 2.67 bits per heavy atom. The van der Waals surface area contributed by atoms with E-state index >= 15 is 0 Å². The Morgan fingerprint density at radius 1 is 1.13 bits per heavy atom. The summed E-state index contributed by atoms with van der Waals surface area (Å²) in [5.41, 5.74) is 0. The highest BCUT2D eigenvalue weighted by molar-refractivity contribution is 7.80. The van der Waals surface area contributed by atoms with Crippen LogP contribution in [0, 0.1) is 11.6 Å². The van der Waals surface area contributed by atoms with Gasteiger partial charge in [0.15, 0.2) is 11.6 Å². The van der Waals surface area contributed by atoms with E-state index in [1.54, 1.807) is 0 Å². The molecular formula is C10H12F2O2S. The molecule has 0 atom stereocenters. The van der Waals surface area contributed by atoms with Gasteiger partial charge in [-0.15, -0.1) is 0 Å². The first-order chi connectivity index (χ1) is 7.24. The normalized spacial score (nSPS) is 10.3. The zero-order valence-electron chi connectivity index (χ0n) is 8.08. The fourth-order valence-electron chi connectivity index (χ4n) is 0.965. The zero-order valence-corrected chi connectivity index (χ0v) is 8.97. The number of hydrogen-bond acceptors (Lipinski definition) is 3. The van der Waals surface area contributed by atoms with E-state index < -0.39 is 11.6 Å². The molecule has 0 saturated carbocycles. The molecule has 1 aromatic carbocycles. The summed E-state index contributed by atoms with van der Waals surface area (Å²) >= 11 is 3.95. The molecule has 2 nitrogen and oxygen atoms in total. The molecule has 0 aromatic heterocycles. The van der Waals surface area contributed by atoms with Crippen molar-refractivity contribution in [2.75, 3.05) is 25.6 Å². The number of hydrogen-bond donors (Lipinski definition) is 1. The van der Waals surface area contributed by atoms with E-state index in [-0.39, 0.29) is 12.4 Å². The maximum Gasteiger partial charge on any atom is 0.165 e. The summed E-state index contributed by atoms with van der Waals surface area (Å²) in [6.07, 6.45) is 0. The highest BCUT2D eigenvalue weighted by Gasteiger charge is 2.04.